The summed E-state index contributed by atoms with van der Waals surface area (Å²) in [6.45, 7) is 1.96. The molecule has 0 spiro atoms. The smallest absolute Gasteiger partial charge is 0.230 e. The van der Waals surface area contributed by atoms with Gasteiger partial charge in [-0.3, -0.25) is 10.1 Å². The Bertz CT molecular complexity index is 154. The van der Waals surface area contributed by atoms with Crippen molar-refractivity contribution < 1.29 is 22.6 Å². The summed E-state index contributed by atoms with van der Waals surface area (Å²) >= 11 is 0. The van der Waals surface area contributed by atoms with Gasteiger partial charge in [0.15, 0.2) is 0 Å². The van der Waals surface area contributed by atoms with Crippen LogP contribution in [0.2, 0.25) is 0 Å². The fourth-order valence-electron chi connectivity index (χ4n) is 1.85. The molecular weight excluding hydrogens is 156 g/mol. The van der Waals surface area contributed by atoms with Gasteiger partial charge in [0.05, 0.1) is 24.9 Å². The minimum atomic E-state index is -0.171. The van der Waals surface area contributed by atoms with Crippen LogP contribution >= 0.6 is 0 Å². The van der Waals surface area contributed by atoms with Crippen LogP contribution in [-0.4, -0.2) is 24.1 Å². The molecule has 5 heteroatoms. The predicted octanol–water partition coefficient (Wildman–Crippen LogP) is -4.54. The number of nitro groups is 1. The van der Waals surface area contributed by atoms with Crippen molar-refractivity contribution in [2.75, 3.05) is 13.1 Å². The SMILES string of the molecule is O=[N+]([O-])C1[C@H]2C[NH2+]C[C@@H]12.[Cl-]. The Hall–Kier alpha value is -0.350. The summed E-state index contributed by atoms with van der Waals surface area (Å²) in [6.07, 6.45) is 0. The number of quaternary nitrogens is 1. The lowest BCUT2D eigenvalue weighted by molar-refractivity contribution is -0.655. The van der Waals surface area contributed by atoms with Crippen LogP contribution in [0.4, 0.5) is 0 Å². The van der Waals surface area contributed by atoms with Gasteiger partial charge in [0.2, 0.25) is 6.04 Å². The van der Waals surface area contributed by atoms with Gasteiger partial charge in [0.1, 0.15) is 0 Å². The van der Waals surface area contributed by atoms with E-state index >= 15 is 0 Å². The van der Waals surface area contributed by atoms with Crippen LogP contribution in [0.3, 0.4) is 0 Å². The highest BCUT2D eigenvalue weighted by atomic mass is 35.5. The fourth-order valence-corrected chi connectivity index (χ4v) is 1.85. The molecule has 0 bridgehead atoms. The van der Waals surface area contributed by atoms with Gasteiger partial charge in [0, 0.05) is 4.92 Å². The molecule has 1 aliphatic carbocycles. The molecule has 1 aliphatic heterocycles. The number of piperidine rings is 1. The number of halogens is 1. The Morgan fingerprint density at radius 3 is 2.20 bits per heavy atom. The minimum Gasteiger partial charge on any atom is -1.00 e. The molecule has 2 N–H and O–H groups in total. The van der Waals surface area contributed by atoms with E-state index in [0.717, 1.165) is 13.1 Å². The maximum absolute atomic E-state index is 10.2. The molecule has 1 unspecified atom stereocenters. The second-order valence-corrected chi connectivity index (χ2v) is 2.86. The molecule has 1 saturated carbocycles. The number of fused-ring (bicyclic) bond motifs is 1. The summed E-state index contributed by atoms with van der Waals surface area (Å²) < 4.78 is 0. The van der Waals surface area contributed by atoms with Crippen LogP contribution in [0.25, 0.3) is 0 Å². The Morgan fingerprint density at radius 1 is 1.40 bits per heavy atom. The van der Waals surface area contributed by atoms with Gasteiger partial charge in [-0.1, -0.05) is 0 Å². The molecule has 0 aromatic carbocycles. The number of hydrogen-bond donors (Lipinski definition) is 1. The van der Waals surface area contributed by atoms with Crippen LogP contribution in [0.1, 0.15) is 0 Å². The van der Waals surface area contributed by atoms with Crippen molar-refractivity contribution in [2.24, 2.45) is 11.8 Å². The third-order valence-corrected chi connectivity index (χ3v) is 2.41. The molecule has 2 fully saturated rings. The summed E-state index contributed by atoms with van der Waals surface area (Å²) in [4.78, 5) is 10.0. The van der Waals surface area contributed by atoms with Crippen molar-refractivity contribution >= 4 is 0 Å². The standard InChI is InChI=1S/C5H8N2O2.ClH/c8-7(9)5-3-1-6-2-4(3)5;/h3-6H,1-2H2;1H/t3-,4+,5?;. The van der Waals surface area contributed by atoms with Gasteiger partial charge in [-0.2, -0.15) is 0 Å². The summed E-state index contributed by atoms with van der Waals surface area (Å²) in [5.74, 6) is 0.833. The van der Waals surface area contributed by atoms with Gasteiger partial charge in [-0.05, 0) is 0 Å². The number of hydrogen-bond acceptors (Lipinski definition) is 2. The lowest BCUT2D eigenvalue weighted by atomic mass is 10.4. The zero-order valence-corrected chi connectivity index (χ0v) is 6.12. The normalized spacial score (nSPS) is 41.8. The van der Waals surface area contributed by atoms with E-state index < -0.39 is 0 Å². The van der Waals surface area contributed by atoms with E-state index in [2.05, 4.69) is 5.32 Å². The van der Waals surface area contributed by atoms with E-state index in [9.17, 15) is 10.1 Å². The van der Waals surface area contributed by atoms with Crippen molar-refractivity contribution in [1.29, 1.82) is 0 Å². The zero-order chi connectivity index (χ0) is 6.43. The number of nitrogens with zero attached hydrogens (tertiary/aromatic N) is 1. The predicted molar refractivity (Wildman–Crippen MR) is 29.4 cm³/mol. The third kappa shape index (κ3) is 0.876. The van der Waals surface area contributed by atoms with Gasteiger partial charge >= 0.3 is 0 Å². The summed E-state index contributed by atoms with van der Waals surface area (Å²) in [6, 6.07) is -0.171. The number of nitrogens with two attached hydrogens (primary N) is 1. The van der Waals surface area contributed by atoms with E-state index in [-0.39, 0.29) is 23.4 Å². The first-order valence-electron chi connectivity index (χ1n) is 3.26. The van der Waals surface area contributed by atoms with E-state index in [1.165, 1.54) is 0 Å². The van der Waals surface area contributed by atoms with Gasteiger partial charge in [0.25, 0.3) is 0 Å². The summed E-state index contributed by atoms with van der Waals surface area (Å²) in [7, 11) is 0. The van der Waals surface area contributed by atoms with Crippen molar-refractivity contribution in [3.63, 3.8) is 0 Å². The summed E-state index contributed by atoms with van der Waals surface area (Å²) in [5, 5.41) is 12.3. The van der Waals surface area contributed by atoms with Crippen LogP contribution in [0.15, 0.2) is 0 Å². The molecule has 0 radical (unpaired) electrons. The van der Waals surface area contributed by atoms with Crippen molar-refractivity contribution in [3.05, 3.63) is 10.1 Å². The highest BCUT2D eigenvalue weighted by Gasteiger charge is 2.65. The highest BCUT2D eigenvalue weighted by molar-refractivity contribution is 4.99. The van der Waals surface area contributed by atoms with Gasteiger partial charge < -0.3 is 17.7 Å². The van der Waals surface area contributed by atoms with Crippen LogP contribution < -0.4 is 17.7 Å². The second-order valence-electron chi connectivity index (χ2n) is 2.86. The van der Waals surface area contributed by atoms with Gasteiger partial charge in [-0.15, -0.1) is 0 Å². The average molecular weight is 165 g/mol. The molecule has 0 aromatic heterocycles. The molecule has 4 nitrogen and oxygen atoms in total. The first-order chi connectivity index (χ1) is 4.30. The maximum atomic E-state index is 10.2. The highest BCUT2D eigenvalue weighted by Crippen LogP contribution is 2.41. The lowest BCUT2D eigenvalue weighted by Gasteiger charge is -1.92. The first kappa shape index (κ1) is 7.75. The second kappa shape index (κ2) is 2.36. The Balaban J connectivity index is 0.000000500. The van der Waals surface area contributed by atoms with E-state index in [0.29, 0.717) is 11.8 Å². The molecule has 2 aliphatic rings. The van der Waals surface area contributed by atoms with Crippen molar-refractivity contribution in [1.82, 2.24) is 0 Å². The fraction of sp³-hybridized carbons (Fsp3) is 1.00. The van der Waals surface area contributed by atoms with Gasteiger partial charge in [-0.25, -0.2) is 0 Å². The van der Waals surface area contributed by atoms with Crippen molar-refractivity contribution in [3.8, 4) is 0 Å². The third-order valence-electron chi connectivity index (χ3n) is 2.41. The number of rotatable bonds is 1. The van der Waals surface area contributed by atoms with E-state index in [1.54, 1.807) is 0 Å². The Labute approximate surface area is 64.5 Å². The monoisotopic (exact) mass is 164 g/mol. The zero-order valence-electron chi connectivity index (χ0n) is 5.37. The van der Waals surface area contributed by atoms with Crippen LogP contribution in [0.5, 0.6) is 0 Å². The lowest BCUT2D eigenvalue weighted by Crippen LogP contribution is -3.00. The largest absolute Gasteiger partial charge is 1.00 e. The summed E-state index contributed by atoms with van der Waals surface area (Å²) in [5.41, 5.74) is 0. The molecule has 2 rings (SSSR count). The first-order valence-corrected chi connectivity index (χ1v) is 3.26. The Morgan fingerprint density at radius 2 is 1.90 bits per heavy atom. The van der Waals surface area contributed by atoms with E-state index in [1.807, 2.05) is 0 Å². The minimum absolute atomic E-state index is 0. The average Bonchev–Trinajstić information content (AvgIpc) is 2.30. The van der Waals surface area contributed by atoms with E-state index in [4.69, 9.17) is 0 Å². The molecule has 0 aromatic rings. The molecule has 3 atom stereocenters. The van der Waals surface area contributed by atoms with Crippen LogP contribution in [0, 0.1) is 22.0 Å². The molecular formula is C5H9ClN2O2. The molecule has 1 heterocycles. The molecule has 0 amide bonds. The maximum Gasteiger partial charge on any atom is 0.230 e. The topological polar surface area (TPSA) is 59.8 Å². The van der Waals surface area contributed by atoms with Crippen molar-refractivity contribution in [2.45, 2.75) is 6.04 Å². The van der Waals surface area contributed by atoms with Crippen LogP contribution in [-0.2, 0) is 0 Å². The molecule has 58 valence electrons. The quantitative estimate of drug-likeness (QED) is 0.314. The molecule has 10 heavy (non-hydrogen) atoms. The molecule has 1 saturated heterocycles. The Kier molecular flexibility index (Phi) is 1.83.